The standard InChI is InChI=1S/C11H18O2/c1-12-9-5-8-6-3-4-7(9)11(13-2)10(6)8/h6-11H,3-5H2,1-2H3/t6-,7+,8?,9+,10?,11+/m0/s1/i1D3,2D3. The minimum absolute atomic E-state index is 0.0964. The van der Waals surface area contributed by atoms with Crippen LogP contribution < -0.4 is 0 Å². The van der Waals surface area contributed by atoms with Crippen LogP contribution in [-0.4, -0.2) is 26.3 Å². The lowest BCUT2D eigenvalue weighted by Crippen LogP contribution is -2.41. The van der Waals surface area contributed by atoms with Gasteiger partial charge in [-0.3, -0.25) is 0 Å². The van der Waals surface area contributed by atoms with Gasteiger partial charge < -0.3 is 9.47 Å². The summed E-state index contributed by atoms with van der Waals surface area (Å²) in [7, 11) is -4.84. The summed E-state index contributed by atoms with van der Waals surface area (Å²) in [5.41, 5.74) is 0. The first kappa shape index (κ1) is 4.19. The van der Waals surface area contributed by atoms with Crippen molar-refractivity contribution in [2.45, 2.75) is 31.5 Å². The molecule has 0 N–H and O–H groups in total. The molecule has 2 nitrogen and oxygen atoms in total. The molecule has 3 aliphatic rings. The van der Waals surface area contributed by atoms with E-state index in [0.29, 0.717) is 17.8 Å². The molecule has 2 bridgehead atoms. The third-order valence-electron chi connectivity index (χ3n) is 4.30. The lowest BCUT2D eigenvalue weighted by molar-refractivity contribution is -0.0777. The van der Waals surface area contributed by atoms with Gasteiger partial charge in [-0.15, -0.1) is 0 Å². The highest BCUT2D eigenvalue weighted by Crippen LogP contribution is 2.64. The number of rotatable bonds is 2. The molecular weight excluding hydrogens is 164 g/mol. The first-order valence-corrected chi connectivity index (χ1v) is 5.01. The summed E-state index contributed by atoms with van der Waals surface area (Å²) in [5.74, 6) is 1.10. The van der Waals surface area contributed by atoms with Crippen molar-refractivity contribution in [2.75, 3.05) is 14.1 Å². The van der Waals surface area contributed by atoms with Gasteiger partial charge in [0.15, 0.2) is 0 Å². The average molecular weight is 188 g/mol. The van der Waals surface area contributed by atoms with Crippen LogP contribution in [0, 0.1) is 23.7 Å². The molecule has 74 valence electrons. The Bertz CT molecular complexity index is 365. The molecule has 0 aromatic carbocycles. The molecule has 0 saturated heterocycles. The largest absolute Gasteiger partial charge is 0.381 e. The van der Waals surface area contributed by atoms with Gasteiger partial charge in [-0.2, -0.15) is 0 Å². The molecule has 3 aliphatic carbocycles. The van der Waals surface area contributed by atoms with Crippen molar-refractivity contribution < 1.29 is 17.7 Å². The Kier molecular flexibility index (Phi) is 0.873. The fourth-order valence-corrected chi connectivity index (χ4v) is 3.68. The Morgan fingerprint density at radius 1 is 1.08 bits per heavy atom. The van der Waals surface area contributed by atoms with Crippen LogP contribution in [0.4, 0.5) is 0 Å². The Labute approximate surface area is 88.0 Å². The molecule has 0 spiro atoms. The molecule has 0 heterocycles. The van der Waals surface area contributed by atoms with Gasteiger partial charge in [0.25, 0.3) is 0 Å². The van der Waals surface area contributed by atoms with Crippen molar-refractivity contribution in [3.63, 3.8) is 0 Å². The van der Waals surface area contributed by atoms with E-state index in [2.05, 4.69) is 0 Å². The molecule has 13 heavy (non-hydrogen) atoms. The quantitative estimate of drug-likeness (QED) is 0.656. The summed E-state index contributed by atoms with van der Waals surface area (Å²) in [6, 6.07) is 0. The zero-order chi connectivity index (χ0) is 14.0. The van der Waals surface area contributed by atoms with E-state index in [1.807, 2.05) is 0 Å². The number of hydrogen-bond acceptors (Lipinski definition) is 2. The van der Waals surface area contributed by atoms with Gasteiger partial charge in [0, 0.05) is 20.0 Å². The maximum absolute atomic E-state index is 7.26. The van der Waals surface area contributed by atoms with E-state index in [-0.39, 0.29) is 12.0 Å². The van der Waals surface area contributed by atoms with E-state index in [9.17, 15) is 0 Å². The number of hydrogen-bond donors (Lipinski definition) is 0. The molecule has 0 aromatic rings. The third-order valence-corrected chi connectivity index (χ3v) is 4.30. The number of fused-ring (bicyclic) bond motifs is 2. The second kappa shape index (κ2) is 2.71. The van der Waals surface area contributed by atoms with E-state index >= 15 is 0 Å². The van der Waals surface area contributed by atoms with Gasteiger partial charge in [-0.05, 0) is 37.0 Å². The summed E-state index contributed by atoms with van der Waals surface area (Å²) >= 11 is 0. The van der Waals surface area contributed by atoms with E-state index in [1.165, 1.54) is 0 Å². The van der Waals surface area contributed by atoms with Crippen LogP contribution in [0.1, 0.15) is 27.5 Å². The van der Waals surface area contributed by atoms with Crippen LogP contribution in [0.5, 0.6) is 0 Å². The SMILES string of the molecule is [2H]C([2H])([2H])O[C@@H]1CC2C3[C@H]2CC[C@H]1[C@H]3OC([2H])([2H])[2H]. The second-order valence-electron chi connectivity index (χ2n) is 4.62. The Morgan fingerprint density at radius 3 is 2.77 bits per heavy atom. The lowest BCUT2D eigenvalue weighted by Gasteiger charge is -2.37. The normalized spacial score (nSPS) is 66.5. The van der Waals surface area contributed by atoms with Crippen LogP contribution in [0.2, 0.25) is 0 Å². The zero-order valence-electron chi connectivity index (χ0n) is 13.4. The highest BCUT2D eigenvalue weighted by molar-refractivity contribution is 5.12. The first-order valence-electron chi connectivity index (χ1n) is 8.01. The summed E-state index contributed by atoms with van der Waals surface area (Å²) in [4.78, 5) is 0. The van der Waals surface area contributed by atoms with Crippen molar-refractivity contribution >= 4 is 0 Å². The average Bonchev–Trinajstić information content (AvgIpc) is 2.88. The van der Waals surface area contributed by atoms with Crippen LogP contribution in [0.3, 0.4) is 0 Å². The van der Waals surface area contributed by atoms with Gasteiger partial charge in [0.05, 0.1) is 20.4 Å². The zero-order valence-corrected chi connectivity index (χ0v) is 7.40. The van der Waals surface area contributed by atoms with E-state index in [0.717, 1.165) is 19.3 Å². The Hall–Kier alpha value is -0.0800. The highest BCUT2D eigenvalue weighted by atomic mass is 16.5. The third kappa shape index (κ3) is 0.962. The van der Waals surface area contributed by atoms with Gasteiger partial charge in [0.1, 0.15) is 0 Å². The minimum atomic E-state index is -2.42. The molecule has 0 aliphatic heterocycles. The van der Waals surface area contributed by atoms with Gasteiger partial charge in [0.2, 0.25) is 0 Å². The molecule has 2 heteroatoms. The predicted octanol–water partition coefficient (Wildman–Crippen LogP) is 1.69. The van der Waals surface area contributed by atoms with Gasteiger partial charge in [-0.1, -0.05) is 0 Å². The van der Waals surface area contributed by atoms with Gasteiger partial charge >= 0.3 is 0 Å². The molecule has 3 rings (SSSR count). The fraction of sp³-hybridized carbons (Fsp3) is 1.00. The smallest absolute Gasteiger partial charge is 0.0657 e. The van der Waals surface area contributed by atoms with Crippen LogP contribution >= 0.6 is 0 Å². The molecule has 6 atom stereocenters. The Morgan fingerprint density at radius 2 is 1.92 bits per heavy atom. The summed E-state index contributed by atoms with van der Waals surface area (Å²) in [6.45, 7) is 0. The van der Waals surface area contributed by atoms with E-state index in [4.69, 9.17) is 17.7 Å². The van der Waals surface area contributed by atoms with Crippen molar-refractivity contribution in [3.8, 4) is 0 Å². The fourth-order valence-electron chi connectivity index (χ4n) is 3.68. The molecule has 0 radical (unpaired) electrons. The molecular formula is C11H18O2. The van der Waals surface area contributed by atoms with Crippen molar-refractivity contribution in [1.29, 1.82) is 0 Å². The topological polar surface area (TPSA) is 18.5 Å². The maximum atomic E-state index is 7.26. The lowest BCUT2D eigenvalue weighted by atomic mass is 9.79. The summed E-state index contributed by atoms with van der Waals surface area (Å²) < 4.78 is 53.9. The van der Waals surface area contributed by atoms with Crippen molar-refractivity contribution in [2.24, 2.45) is 23.7 Å². The second-order valence-corrected chi connectivity index (χ2v) is 4.62. The summed E-state index contributed by atoms with van der Waals surface area (Å²) in [6.07, 6.45) is 1.83. The van der Waals surface area contributed by atoms with Crippen LogP contribution in [0.15, 0.2) is 0 Å². The number of ether oxygens (including phenoxy) is 2. The van der Waals surface area contributed by atoms with E-state index in [1.54, 1.807) is 0 Å². The monoisotopic (exact) mass is 188 g/mol. The Balaban J connectivity index is 1.76. The van der Waals surface area contributed by atoms with Crippen LogP contribution in [0.25, 0.3) is 0 Å². The highest BCUT2D eigenvalue weighted by Gasteiger charge is 2.63. The van der Waals surface area contributed by atoms with Crippen LogP contribution in [-0.2, 0) is 9.47 Å². The molecule has 3 fully saturated rings. The minimum Gasteiger partial charge on any atom is -0.381 e. The predicted molar refractivity (Wildman–Crippen MR) is 49.4 cm³/mol. The van der Waals surface area contributed by atoms with Crippen molar-refractivity contribution in [1.82, 2.24) is 0 Å². The first-order chi connectivity index (χ1) is 8.66. The number of methoxy groups -OCH3 is 2. The summed E-state index contributed by atoms with van der Waals surface area (Å²) in [5, 5.41) is 0. The molecule has 3 saturated carbocycles. The maximum Gasteiger partial charge on any atom is 0.0657 e. The van der Waals surface area contributed by atoms with E-state index < -0.39 is 20.2 Å². The molecule has 0 amide bonds. The molecule has 0 aromatic heterocycles. The van der Waals surface area contributed by atoms with Gasteiger partial charge in [-0.25, -0.2) is 0 Å². The molecule has 2 unspecified atom stereocenters. The van der Waals surface area contributed by atoms with Crippen molar-refractivity contribution in [3.05, 3.63) is 0 Å².